The number of aryl methyl sites for hydroxylation is 2. The number of carbonyl (C=O) groups is 2. The zero-order chi connectivity index (χ0) is 20.6. The van der Waals surface area contributed by atoms with Crippen LogP contribution in [-0.4, -0.2) is 56.1 Å². The second-order valence-corrected chi connectivity index (χ2v) is 9.26. The number of aromatic nitrogens is 4. The van der Waals surface area contributed by atoms with Crippen molar-refractivity contribution in [2.24, 2.45) is 11.3 Å². The minimum atomic E-state index is -0.107. The fraction of sp³-hybridized carbons (Fsp3) is 0.636. The van der Waals surface area contributed by atoms with Gasteiger partial charge < -0.3 is 19.8 Å². The Kier molecular flexibility index (Phi) is 5.08. The van der Waals surface area contributed by atoms with Gasteiger partial charge in [-0.05, 0) is 62.0 Å². The Bertz CT molecular complexity index is 916. The molecule has 8 heteroatoms. The molecule has 2 amide bonds. The van der Waals surface area contributed by atoms with Crippen molar-refractivity contribution in [3.63, 3.8) is 0 Å². The lowest BCUT2D eigenvalue weighted by molar-refractivity contribution is -0.130. The summed E-state index contributed by atoms with van der Waals surface area (Å²) in [6.45, 7) is 3.14. The van der Waals surface area contributed by atoms with E-state index < -0.39 is 0 Å². The van der Waals surface area contributed by atoms with Crippen molar-refractivity contribution in [1.82, 2.24) is 30.0 Å². The normalized spacial score (nSPS) is 23.4. The van der Waals surface area contributed by atoms with Crippen molar-refractivity contribution in [1.29, 1.82) is 0 Å². The van der Waals surface area contributed by atoms with Gasteiger partial charge in [0.15, 0.2) is 0 Å². The zero-order valence-electron chi connectivity index (χ0n) is 17.4. The summed E-state index contributed by atoms with van der Waals surface area (Å²) >= 11 is 0. The molecule has 2 fully saturated rings. The molecule has 0 radical (unpaired) electrons. The van der Waals surface area contributed by atoms with Crippen molar-refractivity contribution < 1.29 is 9.59 Å². The summed E-state index contributed by atoms with van der Waals surface area (Å²) in [5.41, 5.74) is 1.24. The van der Waals surface area contributed by atoms with Crippen LogP contribution in [0.25, 0.3) is 0 Å². The molecule has 1 spiro atoms. The highest BCUT2D eigenvalue weighted by atomic mass is 16.2. The molecule has 2 aromatic heterocycles. The average molecular weight is 411 g/mol. The van der Waals surface area contributed by atoms with Gasteiger partial charge in [-0.2, -0.15) is 0 Å². The molecule has 2 aliphatic heterocycles. The summed E-state index contributed by atoms with van der Waals surface area (Å²) < 4.78 is 2.01. The van der Waals surface area contributed by atoms with E-state index >= 15 is 0 Å². The number of nitrogens with one attached hydrogen (secondary N) is 2. The fourth-order valence-corrected chi connectivity index (χ4v) is 4.89. The van der Waals surface area contributed by atoms with E-state index in [1.54, 1.807) is 0 Å². The maximum absolute atomic E-state index is 12.7. The maximum atomic E-state index is 12.7. The number of aromatic amines is 1. The van der Waals surface area contributed by atoms with Crippen molar-refractivity contribution in [2.45, 2.75) is 57.9 Å². The minimum Gasteiger partial charge on any atom is -0.365 e. The molecule has 1 saturated carbocycles. The lowest BCUT2D eigenvalue weighted by Gasteiger charge is -2.27. The first-order chi connectivity index (χ1) is 14.6. The summed E-state index contributed by atoms with van der Waals surface area (Å²) in [7, 11) is 0. The van der Waals surface area contributed by atoms with Gasteiger partial charge in [-0.15, -0.1) is 10.2 Å². The molecule has 5 rings (SSSR count). The molecular formula is C22H30N6O2. The molecule has 160 valence electrons. The summed E-state index contributed by atoms with van der Waals surface area (Å²) in [6, 6.07) is 3.99. The lowest BCUT2D eigenvalue weighted by atomic mass is 9.80. The first-order valence-electron chi connectivity index (χ1n) is 11.2. The van der Waals surface area contributed by atoms with E-state index in [1.165, 1.54) is 12.8 Å². The Morgan fingerprint density at radius 3 is 2.87 bits per heavy atom. The van der Waals surface area contributed by atoms with Crippen LogP contribution >= 0.6 is 0 Å². The Labute approximate surface area is 176 Å². The summed E-state index contributed by atoms with van der Waals surface area (Å²) in [4.78, 5) is 30.5. The van der Waals surface area contributed by atoms with Gasteiger partial charge in [0.1, 0.15) is 5.82 Å². The van der Waals surface area contributed by atoms with Crippen LogP contribution in [0.15, 0.2) is 18.3 Å². The van der Waals surface area contributed by atoms with Gasteiger partial charge in [-0.1, -0.05) is 0 Å². The molecule has 0 bridgehead atoms. The number of likely N-dealkylation sites (tertiary alicyclic amines) is 1. The van der Waals surface area contributed by atoms with Gasteiger partial charge in [0.2, 0.25) is 11.7 Å². The molecule has 2 aromatic rings. The molecule has 1 atom stereocenters. The van der Waals surface area contributed by atoms with E-state index in [4.69, 9.17) is 0 Å². The number of fused-ring (bicyclic) bond motifs is 1. The molecule has 3 aliphatic rings. The monoisotopic (exact) mass is 410 g/mol. The third-order valence-corrected chi connectivity index (χ3v) is 7.08. The Hall–Kier alpha value is -2.64. The molecule has 0 aromatic carbocycles. The molecule has 1 saturated heterocycles. The number of carbonyl (C=O) groups excluding carboxylic acids is 2. The Morgan fingerprint density at radius 1 is 1.20 bits per heavy atom. The van der Waals surface area contributed by atoms with Crippen LogP contribution in [-0.2, 0) is 24.2 Å². The number of hydrogen-bond donors (Lipinski definition) is 2. The molecular weight excluding hydrogens is 380 g/mol. The van der Waals surface area contributed by atoms with E-state index in [0.29, 0.717) is 18.2 Å². The van der Waals surface area contributed by atoms with Crippen molar-refractivity contribution >= 4 is 11.8 Å². The second-order valence-electron chi connectivity index (χ2n) is 9.26. The maximum Gasteiger partial charge on any atom is 0.289 e. The van der Waals surface area contributed by atoms with Crippen LogP contribution in [0.3, 0.4) is 0 Å². The lowest BCUT2D eigenvalue weighted by Crippen LogP contribution is -2.33. The Morgan fingerprint density at radius 2 is 2.07 bits per heavy atom. The van der Waals surface area contributed by atoms with E-state index in [-0.39, 0.29) is 17.2 Å². The highest BCUT2D eigenvalue weighted by Crippen LogP contribution is 2.41. The largest absolute Gasteiger partial charge is 0.365 e. The predicted octanol–water partition coefficient (Wildman–Crippen LogP) is 1.93. The van der Waals surface area contributed by atoms with E-state index in [1.807, 2.05) is 27.8 Å². The van der Waals surface area contributed by atoms with Gasteiger partial charge in [0.05, 0.1) is 0 Å². The van der Waals surface area contributed by atoms with E-state index in [9.17, 15) is 9.59 Å². The smallest absolute Gasteiger partial charge is 0.289 e. The van der Waals surface area contributed by atoms with Crippen LogP contribution in [0.2, 0.25) is 0 Å². The summed E-state index contributed by atoms with van der Waals surface area (Å²) in [6.07, 6.45) is 9.42. The fourth-order valence-electron chi connectivity index (χ4n) is 4.89. The van der Waals surface area contributed by atoms with Gasteiger partial charge in [-0.3, -0.25) is 9.59 Å². The molecule has 4 heterocycles. The van der Waals surface area contributed by atoms with Gasteiger partial charge >= 0.3 is 0 Å². The summed E-state index contributed by atoms with van der Waals surface area (Å²) in [5.74, 6) is 2.12. The third-order valence-electron chi connectivity index (χ3n) is 7.08. The number of rotatable bonds is 6. The van der Waals surface area contributed by atoms with Crippen molar-refractivity contribution in [3.8, 4) is 0 Å². The van der Waals surface area contributed by atoms with Crippen LogP contribution in [0.5, 0.6) is 0 Å². The number of H-pyrrole nitrogens is 1. The quantitative estimate of drug-likeness (QED) is 0.761. The molecule has 8 nitrogen and oxygen atoms in total. The van der Waals surface area contributed by atoms with Crippen LogP contribution in [0.4, 0.5) is 0 Å². The van der Waals surface area contributed by atoms with E-state index in [0.717, 1.165) is 69.8 Å². The van der Waals surface area contributed by atoms with E-state index in [2.05, 4.69) is 20.5 Å². The highest BCUT2D eigenvalue weighted by molar-refractivity contribution is 5.90. The average Bonchev–Trinajstić information content (AvgIpc) is 3.14. The molecule has 30 heavy (non-hydrogen) atoms. The first-order valence-corrected chi connectivity index (χ1v) is 11.2. The van der Waals surface area contributed by atoms with Crippen molar-refractivity contribution in [2.75, 3.05) is 19.6 Å². The number of nitrogens with zero attached hydrogens (tertiary/aromatic N) is 4. The van der Waals surface area contributed by atoms with Crippen LogP contribution in [0, 0.1) is 11.3 Å². The standard InChI is InChI=1S/C22H30N6O2/c29-19(6-5-17-2-1-11-23-17)27-12-9-22(15-27)8-7-18-25-26-20(28(18)13-10-22)21(30)24-14-16-3-4-16/h1-2,11,16,23H,3-10,12-15H2,(H,24,30). The molecule has 2 N–H and O–H groups in total. The van der Waals surface area contributed by atoms with Crippen LogP contribution in [0.1, 0.15) is 60.7 Å². The van der Waals surface area contributed by atoms with Crippen molar-refractivity contribution in [3.05, 3.63) is 35.7 Å². The highest BCUT2D eigenvalue weighted by Gasteiger charge is 2.41. The second kappa shape index (κ2) is 7.89. The third kappa shape index (κ3) is 4.00. The number of amides is 2. The Balaban J connectivity index is 1.19. The van der Waals surface area contributed by atoms with Gasteiger partial charge in [0.25, 0.3) is 5.91 Å². The number of hydrogen-bond acceptors (Lipinski definition) is 4. The topological polar surface area (TPSA) is 95.9 Å². The molecule has 1 aliphatic carbocycles. The van der Waals surface area contributed by atoms with Gasteiger partial charge in [-0.25, -0.2) is 0 Å². The van der Waals surface area contributed by atoms with Gasteiger partial charge in [0, 0.05) is 50.9 Å². The summed E-state index contributed by atoms with van der Waals surface area (Å²) in [5, 5.41) is 11.5. The first kappa shape index (κ1) is 19.3. The zero-order valence-corrected chi connectivity index (χ0v) is 17.4. The van der Waals surface area contributed by atoms with Crippen LogP contribution < -0.4 is 5.32 Å². The molecule has 1 unspecified atom stereocenters. The minimum absolute atomic E-state index is 0.107. The predicted molar refractivity (Wildman–Crippen MR) is 111 cm³/mol. The SMILES string of the molecule is O=C(NCC1CC1)c1nnc2n1CCC1(CC2)CCN(C(=O)CCc2ccc[nH]2)C1.